The van der Waals surface area contributed by atoms with Crippen LogP contribution in [0.1, 0.15) is 52.9 Å². The molecule has 0 radical (unpaired) electrons. The molecule has 0 bridgehead atoms. The van der Waals surface area contributed by atoms with E-state index >= 15 is 0 Å². The highest BCUT2D eigenvalue weighted by molar-refractivity contribution is 6.02. The van der Waals surface area contributed by atoms with Gasteiger partial charge >= 0.3 is 11.9 Å². The molecule has 0 amide bonds. The molecule has 20 heavy (non-hydrogen) atoms. The second-order valence-corrected chi connectivity index (χ2v) is 5.01. The van der Waals surface area contributed by atoms with E-state index in [0.29, 0.717) is 30.8 Å². The van der Waals surface area contributed by atoms with Gasteiger partial charge in [-0.05, 0) is 45.1 Å². The zero-order valence-corrected chi connectivity index (χ0v) is 12.7. The molecular weight excluding hydrogens is 256 g/mol. The maximum atomic E-state index is 12.1. The van der Waals surface area contributed by atoms with Gasteiger partial charge in [0.15, 0.2) is 0 Å². The SMILES string of the molecule is CCCOC(=O)C1=C(C(=O)OCCC)CCCC(C)=C1. The summed E-state index contributed by atoms with van der Waals surface area (Å²) < 4.78 is 10.3. The van der Waals surface area contributed by atoms with E-state index < -0.39 is 5.97 Å². The molecule has 0 fully saturated rings. The van der Waals surface area contributed by atoms with Gasteiger partial charge in [0.2, 0.25) is 0 Å². The van der Waals surface area contributed by atoms with Gasteiger partial charge in [-0.2, -0.15) is 0 Å². The van der Waals surface area contributed by atoms with Crippen molar-refractivity contribution in [2.24, 2.45) is 0 Å². The van der Waals surface area contributed by atoms with Crippen LogP contribution < -0.4 is 0 Å². The Balaban J connectivity index is 3.00. The van der Waals surface area contributed by atoms with Crippen molar-refractivity contribution in [3.63, 3.8) is 0 Å². The molecule has 0 unspecified atom stereocenters. The van der Waals surface area contributed by atoms with Crippen LogP contribution in [0.25, 0.3) is 0 Å². The number of hydrogen-bond donors (Lipinski definition) is 0. The first-order chi connectivity index (χ1) is 9.60. The van der Waals surface area contributed by atoms with Crippen LogP contribution in [0.3, 0.4) is 0 Å². The fraction of sp³-hybridized carbons (Fsp3) is 0.625. The first-order valence-corrected chi connectivity index (χ1v) is 7.34. The maximum absolute atomic E-state index is 12.1. The van der Waals surface area contributed by atoms with E-state index in [1.807, 2.05) is 20.8 Å². The van der Waals surface area contributed by atoms with Crippen LogP contribution in [-0.2, 0) is 19.1 Å². The lowest BCUT2D eigenvalue weighted by atomic mass is 10.0. The van der Waals surface area contributed by atoms with E-state index in [4.69, 9.17) is 9.47 Å². The summed E-state index contributed by atoms with van der Waals surface area (Å²) in [5.41, 5.74) is 1.91. The molecule has 0 saturated carbocycles. The Kier molecular flexibility index (Phi) is 7.05. The number of carbonyl (C=O) groups is 2. The number of ether oxygens (including phenoxy) is 2. The Labute approximate surface area is 120 Å². The summed E-state index contributed by atoms with van der Waals surface area (Å²) in [6.45, 7) is 6.59. The summed E-state index contributed by atoms with van der Waals surface area (Å²) in [4.78, 5) is 24.2. The Morgan fingerprint density at radius 3 is 2.25 bits per heavy atom. The van der Waals surface area contributed by atoms with Crippen LogP contribution in [0, 0.1) is 0 Å². The van der Waals surface area contributed by atoms with Crippen molar-refractivity contribution >= 4 is 11.9 Å². The molecule has 0 atom stereocenters. The van der Waals surface area contributed by atoms with E-state index in [0.717, 1.165) is 31.3 Å². The average molecular weight is 280 g/mol. The standard InChI is InChI=1S/C16H24O4/c1-4-9-19-15(17)13-8-6-7-12(3)11-14(13)16(18)20-10-5-2/h11H,4-10H2,1-3H3. The largest absolute Gasteiger partial charge is 0.462 e. The Hall–Kier alpha value is -1.58. The van der Waals surface area contributed by atoms with Crippen molar-refractivity contribution in [3.8, 4) is 0 Å². The lowest BCUT2D eigenvalue weighted by Crippen LogP contribution is -2.16. The van der Waals surface area contributed by atoms with Crippen LogP contribution in [0.5, 0.6) is 0 Å². The minimum absolute atomic E-state index is 0.368. The number of esters is 2. The summed E-state index contributed by atoms with van der Waals surface area (Å²) in [5, 5.41) is 0. The quantitative estimate of drug-likeness (QED) is 0.700. The molecule has 4 heteroatoms. The highest BCUT2D eigenvalue weighted by Crippen LogP contribution is 2.25. The molecule has 112 valence electrons. The third-order valence-corrected chi connectivity index (χ3v) is 3.05. The minimum atomic E-state index is -0.420. The van der Waals surface area contributed by atoms with Gasteiger partial charge in [-0.15, -0.1) is 0 Å². The molecule has 0 N–H and O–H groups in total. The van der Waals surface area contributed by atoms with Gasteiger partial charge in [0.05, 0.1) is 24.4 Å². The topological polar surface area (TPSA) is 52.6 Å². The molecule has 0 saturated heterocycles. The van der Waals surface area contributed by atoms with Crippen molar-refractivity contribution in [2.75, 3.05) is 13.2 Å². The van der Waals surface area contributed by atoms with Crippen molar-refractivity contribution < 1.29 is 19.1 Å². The van der Waals surface area contributed by atoms with Crippen LogP contribution in [0.2, 0.25) is 0 Å². The van der Waals surface area contributed by atoms with Gasteiger partial charge in [0.1, 0.15) is 0 Å². The summed E-state index contributed by atoms with van der Waals surface area (Å²) in [6, 6.07) is 0. The first kappa shape index (κ1) is 16.5. The number of allylic oxidation sites excluding steroid dienone is 1. The minimum Gasteiger partial charge on any atom is -0.462 e. The maximum Gasteiger partial charge on any atom is 0.338 e. The zero-order valence-electron chi connectivity index (χ0n) is 12.7. The van der Waals surface area contributed by atoms with Crippen LogP contribution in [-0.4, -0.2) is 25.2 Å². The van der Waals surface area contributed by atoms with Gasteiger partial charge < -0.3 is 9.47 Å². The monoisotopic (exact) mass is 280 g/mol. The van der Waals surface area contributed by atoms with Gasteiger partial charge in [-0.25, -0.2) is 9.59 Å². The van der Waals surface area contributed by atoms with E-state index in [1.54, 1.807) is 6.08 Å². The van der Waals surface area contributed by atoms with E-state index in [1.165, 1.54) is 0 Å². The smallest absolute Gasteiger partial charge is 0.338 e. The first-order valence-electron chi connectivity index (χ1n) is 7.34. The molecule has 0 aromatic carbocycles. The lowest BCUT2D eigenvalue weighted by Gasteiger charge is -2.10. The van der Waals surface area contributed by atoms with Crippen molar-refractivity contribution in [1.29, 1.82) is 0 Å². The van der Waals surface area contributed by atoms with E-state index in [-0.39, 0.29) is 5.97 Å². The molecule has 0 aromatic rings. The Morgan fingerprint density at radius 2 is 1.65 bits per heavy atom. The fourth-order valence-electron chi connectivity index (χ4n) is 2.03. The number of carbonyl (C=O) groups excluding carboxylic acids is 2. The second kappa shape index (κ2) is 8.56. The third kappa shape index (κ3) is 4.83. The molecule has 0 heterocycles. The van der Waals surface area contributed by atoms with Crippen LogP contribution in [0.15, 0.2) is 22.8 Å². The number of hydrogen-bond acceptors (Lipinski definition) is 4. The van der Waals surface area contributed by atoms with Crippen molar-refractivity contribution in [1.82, 2.24) is 0 Å². The predicted octanol–water partition coefficient (Wildman–Crippen LogP) is 3.32. The second-order valence-electron chi connectivity index (χ2n) is 5.01. The molecule has 0 aliphatic heterocycles. The molecule has 0 spiro atoms. The highest BCUT2D eigenvalue weighted by Gasteiger charge is 2.23. The average Bonchev–Trinajstić information content (AvgIpc) is 2.63. The predicted molar refractivity (Wildman–Crippen MR) is 77.1 cm³/mol. The summed E-state index contributed by atoms with van der Waals surface area (Å²) in [7, 11) is 0. The Bertz CT molecular complexity index is 418. The summed E-state index contributed by atoms with van der Waals surface area (Å²) in [5.74, 6) is -0.808. The summed E-state index contributed by atoms with van der Waals surface area (Å²) in [6.07, 6.45) is 5.60. The van der Waals surface area contributed by atoms with Crippen LogP contribution >= 0.6 is 0 Å². The highest BCUT2D eigenvalue weighted by atomic mass is 16.5. The molecule has 1 rings (SSSR count). The zero-order chi connectivity index (χ0) is 15.0. The van der Waals surface area contributed by atoms with E-state index in [2.05, 4.69) is 0 Å². The normalized spacial score (nSPS) is 15.4. The van der Waals surface area contributed by atoms with Crippen molar-refractivity contribution in [3.05, 3.63) is 22.8 Å². The molecule has 1 aliphatic carbocycles. The third-order valence-electron chi connectivity index (χ3n) is 3.05. The molecule has 4 nitrogen and oxygen atoms in total. The fourth-order valence-corrected chi connectivity index (χ4v) is 2.03. The van der Waals surface area contributed by atoms with Crippen molar-refractivity contribution in [2.45, 2.75) is 52.9 Å². The Morgan fingerprint density at radius 1 is 1.05 bits per heavy atom. The number of rotatable bonds is 6. The molecule has 0 aromatic heterocycles. The van der Waals surface area contributed by atoms with Gasteiger partial charge in [-0.1, -0.05) is 19.4 Å². The molecule has 1 aliphatic rings. The van der Waals surface area contributed by atoms with Crippen LogP contribution in [0.4, 0.5) is 0 Å². The molecular formula is C16H24O4. The van der Waals surface area contributed by atoms with Gasteiger partial charge in [0.25, 0.3) is 0 Å². The van der Waals surface area contributed by atoms with Gasteiger partial charge in [0, 0.05) is 0 Å². The summed E-state index contributed by atoms with van der Waals surface area (Å²) >= 11 is 0. The van der Waals surface area contributed by atoms with Gasteiger partial charge in [-0.3, -0.25) is 0 Å². The van der Waals surface area contributed by atoms with E-state index in [9.17, 15) is 9.59 Å². The lowest BCUT2D eigenvalue weighted by molar-refractivity contribution is -0.142.